The largest absolute Gasteiger partial charge is 0.356 e. The number of fused-ring (bicyclic) bond motifs is 1. The number of benzene rings is 2. The second kappa shape index (κ2) is 7.75. The summed E-state index contributed by atoms with van der Waals surface area (Å²) in [6.45, 7) is 2.28. The molecule has 1 aromatic heterocycles. The highest BCUT2D eigenvalue weighted by molar-refractivity contribution is 6.15. The molecule has 33 heavy (non-hydrogen) atoms. The molecule has 2 aromatic carbocycles. The van der Waals surface area contributed by atoms with Crippen molar-refractivity contribution in [2.24, 2.45) is 22.7 Å². The molecule has 8 rings (SSSR count). The minimum Gasteiger partial charge on any atom is -0.356 e. The van der Waals surface area contributed by atoms with Crippen LogP contribution in [0.4, 0.5) is 0 Å². The zero-order chi connectivity index (χ0) is 21.8. The Bertz CT molecular complexity index is 1150. The van der Waals surface area contributed by atoms with Gasteiger partial charge in [0.25, 0.3) is 0 Å². The van der Waals surface area contributed by atoms with E-state index in [1.54, 1.807) is 0 Å². The van der Waals surface area contributed by atoms with Crippen LogP contribution in [0.15, 0.2) is 59.6 Å². The predicted molar refractivity (Wildman–Crippen MR) is 137 cm³/mol. The molecule has 0 radical (unpaired) electrons. The van der Waals surface area contributed by atoms with E-state index in [0.717, 1.165) is 30.8 Å². The number of rotatable bonds is 3. The highest BCUT2D eigenvalue weighted by Gasteiger charge is 2.51. The molecule has 5 aliphatic rings. The number of para-hydroxylation sites is 1. The van der Waals surface area contributed by atoms with Crippen LogP contribution >= 0.6 is 0 Å². The Balaban J connectivity index is 1.44. The first-order valence-electron chi connectivity index (χ1n) is 13.3. The van der Waals surface area contributed by atoms with E-state index in [9.17, 15) is 0 Å². The van der Waals surface area contributed by atoms with E-state index in [-0.39, 0.29) is 5.54 Å². The Labute approximate surface area is 197 Å². The predicted octanol–water partition coefficient (Wildman–Crippen LogP) is 7.04. The number of aromatic amines is 1. The molecule has 1 N–H and O–H groups in total. The van der Waals surface area contributed by atoms with Crippen LogP contribution in [0, 0.1) is 17.8 Å². The summed E-state index contributed by atoms with van der Waals surface area (Å²) in [5.41, 5.74) is 5.24. The molecule has 4 aliphatic carbocycles. The molecule has 170 valence electrons. The molecule has 0 spiro atoms. The molecule has 3 nitrogen and oxygen atoms in total. The lowest BCUT2D eigenvalue weighted by Gasteiger charge is -2.55. The Kier molecular flexibility index (Phi) is 4.67. The number of piperidine rings is 1. The van der Waals surface area contributed by atoms with Gasteiger partial charge in [-0.25, -0.2) is 0 Å². The minimum atomic E-state index is 0.174. The lowest BCUT2D eigenvalue weighted by Crippen LogP contribution is -2.51. The molecular formula is C30H35N3. The fourth-order valence-electron chi connectivity index (χ4n) is 8.01. The van der Waals surface area contributed by atoms with Crippen LogP contribution in [0.2, 0.25) is 0 Å². The second-order valence-corrected chi connectivity index (χ2v) is 11.4. The first kappa shape index (κ1) is 19.9. The van der Waals surface area contributed by atoms with Crippen LogP contribution in [-0.2, 0) is 0 Å². The summed E-state index contributed by atoms with van der Waals surface area (Å²) in [5, 5.41) is 1.32. The molecule has 3 heteroatoms. The SMILES string of the molecule is c1ccc(-c2[nH]c3ccccc3c2C(=NC23CC4CC(CC(C4)C2)C3)N2CCCCC2)cc1. The maximum Gasteiger partial charge on any atom is 0.134 e. The van der Waals surface area contributed by atoms with E-state index in [1.807, 2.05) is 0 Å². The van der Waals surface area contributed by atoms with Crippen molar-refractivity contribution in [3.05, 3.63) is 60.2 Å². The highest BCUT2D eigenvalue weighted by Crippen LogP contribution is 2.57. The number of likely N-dealkylation sites (tertiary alicyclic amines) is 1. The lowest BCUT2D eigenvalue weighted by molar-refractivity contribution is 0.00110. The summed E-state index contributed by atoms with van der Waals surface area (Å²) < 4.78 is 0. The quantitative estimate of drug-likeness (QED) is 0.346. The maximum absolute atomic E-state index is 5.89. The van der Waals surface area contributed by atoms with Crippen LogP contribution in [0.5, 0.6) is 0 Å². The van der Waals surface area contributed by atoms with Crippen molar-refractivity contribution in [3.63, 3.8) is 0 Å². The van der Waals surface area contributed by atoms with Gasteiger partial charge in [0, 0.05) is 24.0 Å². The number of aliphatic imine (C=N–C) groups is 1. The van der Waals surface area contributed by atoms with E-state index in [4.69, 9.17) is 4.99 Å². The Morgan fingerprint density at radius 2 is 1.42 bits per heavy atom. The summed E-state index contributed by atoms with van der Waals surface area (Å²) in [5.74, 6) is 4.03. The molecule has 0 atom stereocenters. The number of hydrogen-bond acceptors (Lipinski definition) is 1. The van der Waals surface area contributed by atoms with Crippen LogP contribution in [0.3, 0.4) is 0 Å². The van der Waals surface area contributed by atoms with Gasteiger partial charge in [-0.3, -0.25) is 4.99 Å². The summed E-state index contributed by atoms with van der Waals surface area (Å²) in [6.07, 6.45) is 12.3. The third-order valence-electron chi connectivity index (χ3n) is 9.00. The van der Waals surface area contributed by atoms with Gasteiger partial charge in [-0.15, -0.1) is 0 Å². The summed E-state index contributed by atoms with van der Waals surface area (Å²) in [4.78, 5) is 12.3. The van der Waals surface area contributed by atoms with E-state index in [1.165, 1.54) is 91.3 Å². The Morgan fingerprint density at radius 1 is 0.788 bits per heavy atom. The van der Waals surface area contributed by atoms with E-state index >= 15 is 0 Å². The minimum absolute atomic E-state index is 0.174. The topological polar surface area (TPSA) is 31.4 Å². The molecule has 1 saturated heterocycles. The van der Waals surface area contributed by atoms with Gasteiger partial charge in [-0.05, 0) is 87.2 Å². The first-order valence-corrected chi connectivity index (χ1v) is 13.3. The molecule has 5 fully saturated rings. The third kappa shape index (κ3) is 3.43. The van der Waals surface area contributed by atoms with Gasteiger partial charge < -0.3 is 9.88 Å². The average Bonchev–Trinajstić information content (AvgIpc) is 3.22. The van der Waals surface area contributed by atoms with Crippen LogP contribution in [0.25, 0.3) is 22.2 Å². The average molecular weight is 438 g/mol. The number of H-pyrrole nitrogens is 1. The number of nitrogens with one attached hydrogen (secondary N) is 1. The monoisotopic (exact) mass is 437 g/mol. The zero-order valence-electron chi connectivity index (χ0n) is 19.6. The number of hydrogen-bond donors (Lipinski definition) is 1. The summed E-state index contributed by atoms with van der Waals surface area (Å²) in [7, 11) is 0. The van der Waals surface area contributed by atoms with Gasteiger partial charge in [0.2, 0.25) is 0 Å². The van der Waals surface area contributed by atoms with Gasteiger partial charge >= 0.3 is 0 Å². The fraction of sp³-hybridized carbons (Fsp3) is 0.500. The maximum atomic E-state index is 5.89. The van der Waals surface area contributed by atoms with Crippen molar-refractivity contribution in [1.29, 1.82) is 0 Å². The van der Waals surface area contributed by atoms with Crippen molar-refractivity contribution in [2.75, 3.05) is 13.1 Å². The van der Waals surface area contributed by atoms with Gasteiger partial charge in [0.15, 0.2) is 0 Å². The molecule has 2 heterocycles. The molecule has 4 bridgehead atoms. The third-order valence-corrected chi connectivity index (χ3v) is 9.00. The van der Waals surface area contributed by atoms with Gasteiger partial charge in [-0.2, -0.15) is 0 Å². The van der Waals surface area contributed by atoms with Crippen LogP contribution in [-0.4, -0.2) is 34.3 Å². The molecule has 0 amide bonds. The van der Waals surface area contributed by atoms with E-state index < -0.39 is 0 Å². The Morgan fingerprint density at radius 3 is 2.12 bits per heavy atom. The standard InChI is InChI=1S/C30H35N3/c1-3-9-24(10-4-1)28-27(25-11-5-6-12-26(25)31-28)29(33-13-7-2-8-14-33)32-30-18-21-15-22(19-30)17-23(16-21)20-30/h1,3-6,9-12,21-23,31H,2,7-8,13-20H2. The van der Waals surface area contributed by atoms with Crippen molar-refractivity contribution >= 4 is 16.7 Å². The van der Waals surface area contributed by atoms with Crippen molar-refractivity contribution < 1.29 is 0 Å². The highest BCUT2D eigenvalue weighted by atomic mass is 15.2. The van der Waals surface area contributed by atoms with Crippen molar-refractivity contribution in [2.45, 2.75) is 63.3 Å². The van der Waals surface area contributed by atoms with Gasteiger partial charge in [0.1, 0.15) is 5.84 Å². The molecule has 4 saturated carbocycles. The van der Waals surface area contributed by atoms with Gasteiger partial charge in [-0.1, -0.05) is 48.5 Å². The van der Waals surface area contributed by atoms with E-state index in [0.29, 0.717) is 0 Å². The fourth-order valence-corrected chi connectivity index (χ4v) is 8.01. The normalized spacial score (nSPS) is 31.5. The Hall–Kier alpha value is -2.55. The van der Waals surface area contributed by atoms with Gasteiger partial charge in [0.05, 0.1) is 16.8 Å². The molecule has 3 aromatic rings. The van der Waals surface area contributed by atoms with E-state index in [2.05, 4.69) is 64.5 Å². The molecule has 0 unspecified atom stereocenters. The van der Waals surface area contributed by atoms with Crippen molar-refractivity contribution in [3.8, 4) is 11.3 Å². The molecule has 1 aliphatic heterocycles. The van der Waals surface area contributed by atoms with Crippen LogP contribution in [0.1, 0.15) is 63.4 Å². The lowest BCUT2D eigenvalue weighted by atomic mass is 9.53. The summed E-state index contributed by atoms with van der Waals surface area (Å²) >= 11 is 0. The number of nitrogens with zero attached hydrogens (tertiary/aromatic N) is 2. The van der Waals surface area contributed by atoms with Crippen LogP contribution < -0.4 is 0 Å². The molecular weight excluding hydrogens is 402 g/mol. The summed E-state index contributed by atoms with van der Waals surface area (Å²) in [6, 6.07) is 19.8. The zero-order valence-corrected chi connectivity index (χ0v) is 19.6. The first-order chi connectivity index (χ1) is 16.3. The van der Waals surface area contributed by atoms with Crippen molar-refractivity contribution in [1.82, 2.24) is 9.88 Å². The number of amidine groups is 1. The second-order valence-electron chi connectivity index (χ2n) is 11.4. The number of aromatic nitrogens is 1. The smallest absolute Gasteiger partial charge is 0.134 e.